The van der Waals surface area contributed by atoms with Gasteiger partial charge in [-0.1, -0.05) is 17.7 Å². The number of aryl methyl sites for hydroxylation is 1. The van der Waals surface area contributed by atoms with Gasteiger partial charge in [0.25, 0.3) is 0 Å². The van der Waals surface area contributed by atoms with E-state index < -0.39 is 11.7 Å². The monoisotopic (exact) mass is 294 g/mol. The van der Waals surface area contributed by atoms with E-state index in [9.17, 15) is 9.18 Å². The Morgan fingerprint density at radius 3 is 2.76 bits per heavy atom. The maximum absolute atomic E-state index is 14.0. The largest absolute Gasteiger partial charge is 0.444 e. The maximum Gasteiger partial charge on any atom is 0.407 e. The zero-order valence-corrected chi connectivity index (χ0v) is 13.0. The lowest BCUT2D eigenvalue weighted by molar-refractivity contribution is 0.0504. The van der Waals surface area contributed by atoms with Crippen molar-refractivity contribution in [2.45, 2.75) is 45.3 Å². The number of nitrogens with one attached hydrogen (secondary N) is 2. The molecule has 1 heterocycles. The Balaban J connectivity index is 2.10. The summed E-state index contributed by atoms with van der Waals surface area (Å²) in [7, 11) is 0. The van der Waals surface area contributed by atoms with E-state index >= 15 is 0 Å². The van der Waals surface area contributed by atoms with Crippen molar-refractivity contribution >= 4 is 6.09 Å². The van der Waals surface area contributed by atoms with Crippen molar-refractivity contribution in [3.05, 3.63) is 35.1 Å². The molecule has 0 aliphatic carbocycles. The first-order chi connectivity index (χ1) is 9.76. The highest BCUT2D eigenvalue weighted by atomic mass is 19.1. The molecule has 1 fully saturated rings. The van der Waals surface area contributed by atoms with E-state index in [1.165, 1.54) is 6.07 Å². The summed E-state index contributed by atoms with van der Waals surface area (Å²) in [6.45, 7) is 8.63. The van der Waals surface area contributed by atoms with Gasteiger partial charge in [-0.3, -0.25) is 0 Å². The quantitative estimate of drug-likeness (QED) is 0.882. The van der Waals surface area contributed by atoms with Crippen molar-refractivity contribution in [3.63, 3.8) is 0 Å². The van der Waals surface area contributed by atoms with Crippen LogP contribution in [0.4, 0.5) is 9.18 Å². The summed E-state index contributed by atoms with van der Waals surface area (Å²) < 4.78 is 19.3. The zero-order valence-electron chi connectivity index (χ0n) is 13.0. The zero-order chi connectivity index (χ0) is 15.6. The number of hydrogen-bond donors (Lipinski definition) is 2. The second-order valence-electron chi connectivity index (χ2n) is 6.54. The molecule has 116 valence electrons. The molecule has 0 radical (unpaired) electrons. The van der Waals surface area contributed by atoms with E-state index in [0.717, 1.165) is 5.56 Å². The van der Waals surface area contributed by atoms with E-state index in [2.05, 4.69) is 10.6 Å². The van der Waals surface area contributed by atoms with Crippen molar-refractivity contribution in [2.75, 3.05) is 13.1 Å². The predicted molar refractivity (Wildman–Crippen MR) is 79.9 cm³/mol. The predicted octanol–water partition coefficient (Wildman–Crippen LogP) is 2.71. The fourth-order valence-electron chi connectivity index (χ4n) is 2.56. The molecule has 1 aromatic carbocycles. The Hall–Kier alpha value is -1.62. The van der Waals surface area contributed by atoms with Crippen LogP contribution in [0.3, 0.4) is 0 Å². The van der Waals surface area contributed by atoms with Gasteiger partial charge in [0, 0.05) is 19.0 Å². The van der Waals surface area contributed by atoms with E-state index in [4.69, 9.17) is 4.74 Å². The minimum atomic E-state index is -0.541. The first kappa shape index (κ1) is 15.8. The number of halogens is 1. The third-order valence-corrected chi connectivity index (χ3v) is 3.47. The van der Waals surface area contributed by atoms with E-state index in [-0.39, 0.29) is 17.8 Å². The Bertz CT molecular complexity index is 525. The van der Waals surface area contributed by atoms with Gasteiger partial charge in [0.2, 0.25) is 0 Å². The van der Waals surface area contributed by atoms with Crippen molar-refractivity contribution in [2.24, 2.45) is 0 Å². The molecular weight excluding hydrogens is 271 g/mol. The third kappa shape index (κ3) is 4.17. The number of ether oxygens (including phenoxy) is 1. The van der Waals surface area contributed by atoms with Crippen molar-refractivity contribution in [3.8, 4) is 0 Å². The summed E-state index contributed by atoms with van der Waals surface area (Å²) in [5.41, 5.74) is 1.11. The van der Waals surface area contributed by atoms with Crippen LogP contribution >= 0.6 is 0 Å². The van der Waals surface area contributed by atoms with Crippen LogP contribution in [0, 0.1) is 12.7 Å². The van der Waals surface area contributed by atoms with Gasteiger partial charge < -0.3 is 15.4 Å². The number of carbonyl (C=O) groups excluding carboxylic acids is 1. The van der Waals surface area contributed by atoms with E-state index in [1.807, 2.05) is 33.8 Å². The molecule has 2 unspecified atom stereocenters. The number of carbonyl (C=O) groups is 1. The van der Waals surface area contributed by atoms with E-state index in [1.54, 1.807) is 6.07 Å². The maximum atomic E-state index is 14.0. The summed E-state index contributed by atoms with van der Waals surface area (Å²) in [5, 5.41) is 6.04. The molecular formula is C16H23FN2O2. The van der Waals surface area contributed by atoms with E-state index in [0.29, 0.717) is 18.7 Å². The third-order valence-electron chi connectivity index (χ3n) is 3.47. The first-order valence-electron chi connectivity index (χ1n) is 7.22. The van der Waals surface area contributed by atoms with Crippen LogP contribution in [-0.2, 0) is 4.74 Å². The topological polar surface area (TPSA) is 50.4 Å². The molecule has 2 N–H and O–H groups in total. The lowest BCUT2D eigenvalue weighted by Gasteiger charge is -2.24. The smallest absolute Gasteiger partial charge is 0.407 e. The van der Waals surface area contributed by atoms with Crippen molar-refractivity contribution in [1.29, 1.82) is 0 Å². The molecule has 4 nitrogen and oxygen atoms in total. The molecule has 5 heteroatoms. The number of amides is 1. The summed E-state index contributed by atoms with van der Waals surface area (Å²) in [4.78, 5) is 11.9. The highest BCUT2D eigenvalue weighted by Crippen LogP contribution is 2.26. The summed E-state index contributed by atoms with van der Waals surface area (Å²) in [6, 6.07) is 4.90. The molecule has 1 saturated heterocycles. The van der Waals surface area contributed by atoms with Crippen LogP contribution in [-0.4, -0.2) is 30.8 Å². The fourth-order valence-corrected chi connectivity index (χ4v) is 2.56. The fraction of sp³-hybridized carbons (Fsp3) is 0.562. The molecule has 2 atom stereocenters. The molecule has 0 bridgehead atoms. The van der Waals surface area contributed by atoms with Gasteiger partial charge in [0.1, 0.15) is 11.4 Å². The van der Waals surface area contributed by atoms with Gasteiger partial charge >= 0.3 is 6.09 Å². The molecule has 1 amide bonds. The van der Waals surface area contributed by atoms with Crippen LogP contribution in [0.5, 0.6) is 0 Å². The Kier molecular flexibility index (Phi) is 4.52. The number of benzene rings is 1. The lowest BCUT2D eigenvalue weighted by atomic mass is 9.92. The van der Waals surface area contributed by atoms with Crippen molar-refractivity contribution in [1.82, 2.24) is 10.6 Å². The van der Waals surface area contributed by atoms with Crippen LogP contribution in [0.15, 0.2) is 18.2 Å². The van der Waals surface area contributed by atoms with Crippen LogP contribution in [0.25, 0.3) is 0 Å². The Labute approximate surface area is 125 Å². The van der Waals surface area contributed by atoms with Crippen LogP contribution in [0.2, 0.25) is 0 Å². The van der Waals surface area contributed by atoms with Gasteiger partial charge in [-0.15, -0.1) is 0 Å². The van der Waals surface area contributed by atoms with Gasteiger partial charge in [-0.05, 0) is 39.3 Å². The highest BCUT2D eigenvalue weighted by molar-refractivity contribution is 5.68. The molecule has 2 rings (SSSR count). The van der Waals surface area contributed by atoms with Crippen LogP contribution < -0.4 is 10.6 Å². The van der Waals surface area contributed by atoms with Crippen molar-refractivity contribution < 1.29 is 13.9 Å². The molecule has 0 saturated carbocycles. The summed E-state index contributed by atoms with van der Waals surface area (Å²) in [6.07, 6.45) is -0.464. The molecule has 1 aliphatic rings. The number of hydrogen-bond acceptors (Lipinski definition) is 3. The number of alkyl carbamates (subject to hydrolysis) is 1. The molecule has 0 spiro atoms. The Morgan fingerprint density at radius 2 is 2.10 bits per heavy atom. The SMILES string of the molecule is Cc1ccc(F)c(C2CNCC2NC(=O)OC(C)(C)C)c1. The normalized spacial score (nSPS) is 22.1. The molecule has 21 heavy (non-hydrogen) atoms. The average molecular weight is 294 g/mol. The first-order valence-corrected chi connectivity index (χ1v) is 7.22. The molecule has 1 aromatic rings. The summed E-state index contributed by atoms with van der Waals surface area (Å²) >= 11 is 0. The van der Waals surface area contributed by atoms with Gasteiger partial charge in [-0.2, -0.15) is 0 Å². The standard InChI is InChI=1S/C16H23FN2O2/c1-10-5-6-13(17)11(7-10)12-8-18-9-14(12)19-15(20)21-16(2,3)4/h5-7,12,14,18H,8-9H2,1-4H3,(H,19,20). The second kappa shape index (κ2) is 6.02. The lowest BCUT2D eigenvalue weighted by Crippen LogP contribution is -2.42. The van der Waals surface area contributed by atoms with Gasteiger partial charge in [0.05, 0.1) is 6.04 Å². The Morgan fingerprint density at radius 1 is 1.38 bits per heavy atom. The molecule has 1 aliphatic heterocycles. The minimum Gasteiger partial charge on any atom is -0.444 e. The summed E-state index contributed by atoms with van der Waals surface area (Å²) in [5.74, 6) is -0.317. The minimum absolute atomic E-state index is 0.0857. The van der Waals surface area contributed by atoms with Gasteiger partial charge in [0.15, 0.2) is 0 Å². The number of rotatable bonds is 2. The second-order valence-corrected chi connectivity index (χ2v) is 6.54. The molecule has 0 aromatic heterocycles. The van der Waals surface area contributed by atoms with Crippen LogP contribution in [0.1, 0.15) is 37.8 Å². The average Bonchev–Trinajstić information content (AvgIpc) is 2.77. The van der Waals surface area contributed by atoms with Gasteiger partial charge in [-0.25, -0.2) is 9.18 Å². The highest BCUT2D eigenvalue weighted by Gasteiger charge is 2.32.